The molecule has 0 heterocycles. The van der Waals surface area contributed by atoms with Crippen molar-refractivity contribution in [2.24, 2.45) is 0 Å². The summed E-state index contributed by atoms with van der Waals surface area (Å²) in [6.07, 6.45) is 1.35. The van der Waals surface area contributed by atoms with Gasteiger partial charge in [-0.2, -0.15) is 0 Å². The highest BCUT2D eigenvalue weighted by Crippen LogP contribution is 2.32. The second kappa shape index (κ2) is 4.29. The summed E-state index contributed by atoms with van der Waals surface area (Å²) in [4.78, 5) is 0. The number of nitrogens with one attached hydrogen (secondary N) is 1. The summed E-state index contributed by atoms with van der Waals surface area (Å²) >= 11 is 0. The van der Waals surface area contributed by atoms with E-state index in [2.05, 4.69) is 5.32 Å². The molecular weight excluding hydrogens is 193 g/mol. The number of benzene rings is 1. The first-order valence-corrected chi connectivity index (χ1v) is 5.37. The molecule has 0 fully saturated rings. The third-order valence-electron chi connectivity index (χ3n) is 2.87. The standard InChI is InChI=1S/C12H16FNO/c1-8(15)7-14-12-6-5-9-10(12)3-2-4-11(9)13/h2-4,8,12,14-15H,5-7H2,1H3. The monoisotopic (exact) mass is 209 g/mol. The predicted molar refractivity (Wildman–Crippen MR) is 57.1 cm³/mol. The minimum absolute atomic E-state index is 0.103. The number of aliphatic hydroxyl groups excluding tert-OH is 1. The highest BCUT2D eigenvalue weighted by molar-refractivity contribution is 5.35. The van der Waals surface area contributed by atoms with Gasteiger partial charge in [0.1, 0.15) is 5.82 Å². The minimum Gasteiger partial charge on any atom is -0.392 e. The fourth-order valence-corrected chi connectivity index (χ4v) is 2.13. The van der Waals surface area contributed by atoms with Crippen LogP contribution >= 0.6 is 0 Å². The van der Waals surface area contributed by atoms with Gasteiger partial charge in [-0.05, 0) is 37.0 Å². The van der Waals surface area contributed by atoms with Crippen molar-refractivity contribution in [3.63, 3.8) is 0 Å². The number of hydrogen-bond acceptors (Lipinski definition) is 2. The van der Waals surface area contributed by atoms with E-state index >= 15 is 0 Å². The van der Waals surface area contributed by atoms with Gasteiger partial charge in [0.2, 0.25) is 0 Å². The van der Waals surface area contributed by atoms with E-state index in [0.29, 0.717) is 6.54 Å². The molecule has 15 heavy (non-hydrogen) atoms. The van der Waals surface area contributed by atoms with Crippen molar-refractivity contribution in [3.8, 4) is 0 Å². The van der Waals surface area contributed by atoms with Crippen molar-refractivity contribution < 1.29 is 9.50 Å². The van der Waals surface area contributed by atoms with E-state index in [4.69, 9.17) is 0 Å². The largest absolute Gasteiger partial charge is 0.392 e. The van der Waals surface area contributed by atoms with Gasteiger partial charge in [-0.1, -0.05) is 12.1 Å². The van der Waals surface area contributed by atoms with Gasteiger partial charge in [0.05, 0.1) is 6.10 Å². The highest BCUT2D eigenvalue weighted by Gasteiger charge is 2.24. The van der Waals surface area contributed by atoms with Crippen LogP contribution in [0.1, 0.15) is 30.5 Å². The quantitative estimate of drug-likeness (QED) is 0.795. The third-order valence-corrected chi connectivity index (χ3v) is 2.87. The molecule has 2 nitrogen and oxygen atoms in total. The van der Waals surface area contributed by atoms with Crippen LogP contribution < -0.4 is 5.32 Å². The molecule has 1 aromatic rings. The molecule has 2 rings (SSSR count). The molecule has 0 aromatic heterocycles. The Morgan fingerprint density at radius 2 is 2.40 bits per heavy atom. The van der Waals surface area contributed by atoms with E-state index in [9.17, 15) is 9.50 Å². The van der Waals surface area contributed by atoms with Crippen molar-refractivity contribution >= 4 is 0 Å². The summed E-state index contributed by atoms with van der Waals surface area (Å²) in [6, 6.07) is 5.42. The Balaban J connectivity index is 2.11. The molecule has 0 amide bonds. The van der Waals surface area contributed by atoms with Gasteiger partial charge >= 0.3 is 0 Å². The maximum atomic E-state index is 13.4. The van der Waals surface area contributed by atoms with Gasteiger partial charge in [0.25, 0.3) is 0 Å². The van der Waals surface area contributed by atoms with E-state index in [0.717, 1.165) is 24.0 Å². The molecule has 1 aliphatic rings. The molecule has 3 heteroatoms. The molecule has 1 aromatic carbocycles. The van der Waals surface area contributed by atoms with E-state index in [-0.39, 0.29) is 18.0 Å². The van der Waals surface area contributed by atoms with E-state index in [1.54, 1.807) is 13.0 Å². The SMILES string of the molecule is CC(O)CNC1CCc2c(F)cccc21. The zero-order valence-corrected chi connectivity index (χ0v) is 8.83. The van der Waals surface area contributed by atoms with Gasteiger partial charge < -0.3 is 10.4 Å². The molecule has 0 saturated carbocycles. The van der Waals surface area contributed by atoms with E-state index in [1.165, 1.54) is 6.07 Å². The Hall–Kier alpha value is -0.930. The Morgan fingerprint density at radius 1 is 1.60 bits per heavy atom. The Bertz CT molecular complexity index is 351. The zero-order valence-electron chi connectivity index (χ0n) is 8.83. The molecule has 0 aliphatic heterocycles. The lowest BCUT2D eigenvalue weighted by molar-refractivity contribution is 0.186. The van der Waals surface area contributed by atoms with Crippen LogP contribution in [0.3, 0.4) is 0 Å². The number of fused-ring (bicyclic) bond motifs is 1. The summed E-state index contributed by atoms with van der Waals surface area (Å²) in [7, 11) is 0. The summed E-state index contributed by atoms with van der Waals surface area (Å²) in [5, 5.41) is 12.4. The topological polar surface area (TPSA) is 32.3 Å². The molecule has 2 unspecified atom stereocenters. The van der Waals surface area contributed by atoms with Crippen molar-refractivity contribution in [1.82, 2.24) is 5.32 Å². The Morgan fingerprint density at radius 3 is 3.13 bits per heavy atom. The first-order chi connectivity index (χ1) is 7.18. The van der Waals surface area contributed by atoms with Crippen LogP contribution in [0.4, 0.5) is 4.39 Å². The molecule has 82 valence electrons. The molecular formula is C12H16FNO. The number of rotatable bonds is 3. The van der Waals surface area contributed by atoms with Crippen LogP contribution in [-0.2, 0) is 6.42 Å². The maximum absolute atomic E-state index is 13.4. The van der Waals surface area contributed by atoms with Gasteiger partial charge in [-0.15, -0.1) is 0 Å². The van der Waals surface area contributed by atoms with Crippen molar-refractivity contribution in [1.29, 1.82) is 0 Å². The van der Waals surface area contributed by atoms with Crippen LogP contribution in [0, 0.1) is 5.82 Å². The average molecular weight is 209 g/mol. The second-order valence-electron chi connectivity index (χ2n) is 4.16. The Kier molecular flexibility index (Phi) is 3.03. The number of halogens is 1. The average Bonchev–Trinajstić information content (AvgIpc) is 2.59. The molecule has 0 saturated heterocycles. The smallest absolute Gasteiger partial charge is 0.126 e. The second-order valence-corrected chi connectivity index (χ2v) is 4.16. The third kappa shape index (κ3) is 2.19. The van der Waals surface area contributed by atoms with Crippen LogP contribution in [0.15, 0.2) is 18.2 Å². The summed E-state index contributed by atoms with van der Waals surface area (Å²) < 4.78 is 13.4. The molecule has 2 atom stereocenters. The van der Waals surface area contributed by atoms with Crippen molar-refractivity contribution in [2.75, 3.05) is 6.54 Å². The lowest BCUT2D eigenvalue weighted by atomic mass is 10.1. The summed E-state index contributed by atoms with van der Waals surface area (Å²) in [5.41, 5.74) is 1.89. The van der Waals surface area contributed by atoms with Crippen LogP contribution in [-0.4, -0.2) is 17.8 Å². The first-order valence-electron chi connectivity index (χ1n) is 5.37. The lowest BCUT2D eigenvalue weighted by Crippen LogP contribution is -2.27. The van der Waals surface area contributed by atoms with Crippen LogP contribution in [0.25, 0.3) is 0 Å². The predicted octanol–water partition coefficient (Wildman–Crippen LogP) is 1.78. The lowest BCUT2D eigenvalue weighted by Gasteiger charge is -2.15. The van der Waals surface area contributed by atoms with Gasteiger partial charge in [-0.3, -0.25) is 0 Å². The summed E-state index contributed by atoms with van der Waals surface area (Å²) in [6.45, 7) is 2.30. The normalized spacial score (nSPS) is 21.4. The fourth-order valence-electron chi connectivity index (χ4n) is 2.13. The van der Waals surface area contributed by atoms with Gasteiger partial charge in [0, 0.05) is 12.6 Å². The van der Waals surface area contributed by atoms with Crippen molar-refractivity contribution in [3.05, 3.63) is 35.1 Å². The number of aliphatic hydroxyl groups is 1. The molecule has 0 radical (unpaired) electrons. The van der Waals surface area contributed by atoms with E-state index in [1.807, 2.05) is 6.07 Å². The van der Waals surface area contributed by atoms with Gasteiger partial charge in [0.15, 0.2) is 0 Å². The van der Waals surface area contributed by atoms with Crippen LogP contribution in [0.5, 0.6) is 0 Å². The minimum atomic E-state index is -0.359. The Labute approximate surface area is 89.1 Å². The first kappa shape index (κ1) is 10.6. The van der Waals surface area contributed by atoms with E-state index < -0.39 is 0 Å². The molecule has 0 spiro atoms. The molecule has 2 N–H and O–H groups in total. The van der Waals surface area contributed by atoms with Crippen LogP contribution in [0.2, 0.25) is 0 Å². The molecule has 0 bridgehead atoms. The summed E-state index contributed by atoms with van der Waals surface area (Å²) in [5.74, 6) is -0.103. The molecule has 1 aliphatic carbocycles. The van der Waals surface area contributed by atoms with Gasteiger partial charge in [-0.25, -0.2) is 4.39 Å². The van der Waals surface area contributed by atoms with Crippen molar-refractivity contribution in [2.45, 2.75) is 31.9 Å². The maximum Gasteiger partial charge on any atom is 0.126 e. The number of hydrogen-bond donors (Lipinski definition) is 2. The highest BCUT2D eigenvalue weighted by atomic mass is 19.1. The zero-order chi connectivity index (χ0) is 10.8. The fraction of sp³-hybridized carbons (Fsp3) is 0.500.